The fourth-order valence-electron chi connectivity index (χ4n) is 4.33. The third-order valence-electron chi connectivity index (χ3n) is 6.15. The van der Waals surface area contributed by atoms with E-state index in [1.807, 2.05) is 6.07 Å². The number of aromatic nitrogens is 4. The highest BCUT2D eigenvalue weighted by Crippen LogP contribution is 2.27. The standard InChI is InChI=1S/C25H21IN8O4S/c27-19-7-18-14(9-29-19)6-15(39-18)10-31-22(35)17-3-4-20-30-11-16(25(37)34(17)20)32-23(36)21-26-12-38-24(33-21)13-2-1-5-28-8-13/h1-2,5-9,11,17H,3-4,10,12H2,(H2,27,29)(H,31,35)(H,32,36)/t17-/m0/s1. The molecule has 1 atom stereocenters. The number of nitrogen functional groups attached to an aromatic ring is 1. The van der Waals surface area contributed by atoms with Crippen LogP contribution in [0, 0.1) is 0 Å². The van der Waals surface area contributed by atoms with Gasteiger partial charge < -0.3 is 21.1 Å². The van der Waals surface area contributed by atoms with Gasteiger partial charge in [-0.3, -0.25) is 23.9 Å². The summed E-state index contributed by atoms with van der Waals surface area (Å²) in [6.45, 7) is 0.309. The summed E-state index contributed by atoms with van der Waals surface area (Å²) in [5.41, 5.74) is 5.95. The van der Waals surface area contributed by atoms with Gasteiger partial charge in [0.05, 0.1) is 18.3 Å². The van der Waals surface area contributed by atoms with E-state index in [1.54, 1.807) is 36.8 Å². The molecule has 4 aromatic rings. The molecule has 0 fully saturated rings. The number of carbonyl (C=O) groups excluding carboxylic acids is 2. The first-order valence-corrected chi connectivity index (χ1v) is 15.3. The lowest BCUT2D eigenvalue weighted by atomic mass is 10.2. The second kappa shape index (κ2) is 10.6. The second-order valence-corrected chi connectivity index (χ2v) is 12.3. The Labute approximate surface area is 235 Å². The van der Waals surface area contributed by atoms with E-state index in [0.717, 1.165) is 15.0 Å². The Morgan fingerprint density at radius 1 is 1.23 bits per heavy atom. The van der Waals surface area contributed by atoms with Crippen molar-refractivity contribution in [3.63, 3.8) is 0 Å². The molecule has 2 amide bonds. The fraction of sp³-hybridized carbons (Fsp3) is 0.200. The average Bonchev–Trinajstić information content (AvgIpc) is 3.58. The third kappa shape index (κ3) is 5.16. The molecule has 4 aromatic heterocycles. The Balaban J connectivity index is 1.17. The lowest BCUT2D eigenvalue weighted by Gasteiger charge is -2.16. The molecule has 0 aliphatic carbocycles. The molecule has 0 saturated carbocycles. The maximum atomic E-state index is 13.3. The normalized spacial score (nSPS) is 16.4. The van der Waals surface area contributed by atoms with E-state index >= 15 is 0 Å². The number of aliphatic imine (C=N–C) groups is 1. The topological polar surface area (TPSA) is 166 Å². The first-order chi connectivity index (χ1) is 19.0. The quantitative estimate of drug-likeness (QED) is 0.210. The first kappa shape index (κ1) is 25.2. The van der Waals surface area contributed by atoms with Gasteiger partial charge in [0.1, 0.15) is 28.0 Å². The Morgan fingerprint density at radius 3 is 2.97 bits per heavy atom. The van der Waals surface area contributed by atoms with Crippen molar-refractivity contribution < 1.29 is 14.3 Å². The number of carbonyl (C=O) groups is 2. The van der Waals surface area contributed by atoms with Gasteiger partial charge in [0.15, 0.2) is 3.63 Å². The molecule has 0 saturated heterocycles. The molecule has 6 rings (SSSR count). The van der Waals surface area contributed by atoms with Crippen LogP contribution in [-0.4, -0.2) is 45.5 Å². The molecule has 0 bridgehead atoms. The van der Waals surface area contributed by atoms with Gasteiger partial charge in [-0.15, -0.1) is 11.3 Å². The lowest BCUT2D eigenvalue weighted by Crippen LogP contribution is -2.37. The number of amides is 2. The van der Waals surface area contributed by atoms with Crippen molar-refractivity contribution >= 4 is 75.0 Å². The number of anilines is 2. The van der Waals surface area contributed by atoms with E-state index in [1.165, 1.54) is 22.1 Å². The van der Waals surface area contributed by atoms with Crippen LogP contribution in [0.15, 0.2) is 58.8 Å². The van der Waals surface area contributed by atoms with Crippen LogP contribution in [0.2, 0.25) is 0 Å². The zero-order chi connectivity index (χ0) is 26.9. The molecule has 0 unspecified atom stereocenters. The van der Waals surface area contributed by atoms with E-state index in [9.17, 15) is 14.4 Å². The van der Waals surface area contributed by atoms with Crippen molar-refractivity contribution in [1.29, 1.82) is 0 Å². The van der Waals surface area contributed by atoms with Crippen LogP contribution in [0.25, 0.3) is 10.1 Å². The number of nitrogens with zero attached hydrogens (tertiary/aromatic N) is 5. The number of halogens is 1. The molecule has 0 radical (unpaired) electrons. The average molecular weight is 656 g/mol. The molecule has 12 nitrogen and oxygen atoms in total. The Morgan fingerprint density at radius 2 is 2.13 bits per heavy atom. The van der Waals surface area contributed by atoms with Crippen LogP contribution in [-0.2, 0) is 27.3 Å². The van der Waals surface area contributed by atoms with E-state index in [2.05, 4.69) is 30.6 Å². The SMILES string of the molecule is Nc1cc2sc(CNC(=O)[C@@H]3CCc4ncc(NC(=O)C5=ICOC(c6cccnc6)=N5)c(=O)n43)cc2cn1. The van der Waals surface area contributed by atoms with Crippen molar-refractivity contribution in [2.24, 2.45) is 4.99 Å². The van der Waals surface area contributed by atoms with Crippen LogP contribution in [0.5, 0.6) is 0 Å². The van der Waals surface area contributed by atoms with Gasteiger partial charge in [0.25, 0.3) is 11.5 Å². The van der Waals surface area contributed by atoms with Gasteiger partial charge in [-0.25, -0.2) is 15.0 Å². The lowest BCUT2D eigenvalue weighted by molar-refractivity contribution is -0.124. The molecule has 0 spiro atoms. The molecular formula is C25H21IN8O4S. The molecular weight excluding hydrogens is 635 g/mol. The molecule has 6 heterocycles. The van der Waals surface area contributed by atoms with Crippen LogP contribution in [0.4, 0.5) is 11.5 Å². The van der Waals surface area contributed by atoms with Crippen molar-refractivity contribution in [1.82, 2.24) is 24.8 Å². The predicted octanol–water partition coefficient (Wildman–Crippen LogP) is 2.11. The number of hydrogen-bond acceptors (Lipinski definition) is 10. The molecule has 0 aromatic carbocycles. The summed E-state index contributed by atoms with van der Waals surface area (Å²) in [5, 5.41) is 6.53. The van der Waals surface area contributed by atoms with E-state index in [-0.39, 0.29) is 11.6 Å². The van der Waals surface area contributed by atoms with Gasteiger partial charge in [-0.05, 0) is 51.4 Å². The van der Waals surface area contributed by atoms with E-state index in [0.29, 0.717) is 50.7 Å². The smallest absolute Gasteiger partial charge is 0.280 e. The van der Waals surface area contributed by atoms with E-state index < -0.39 is 38.2 Å². The Bertz CT molecular complexity index is 1730. The van der Waals surface area contributed by atoms with Crippen molar-refractivity contribution in [3.8, 4) is 0 Å². The third-order valence-corrected chi connectivity index (χ3v) is 9.33. The number of thiophene rings is 1. The molecule has 2 aliphatic heterocycles. The van der Waals surface area contributed by atoms with Gasteiger partial charge in [0.2, 0.25) is 11.8 Å². The zero-order valence-electron chi connectivity index (χ0n) is 20.3. The van der Waals surface area contributed by atoms with Crippen LogP contribution in [0.1, 0.15) is 28.7 Å². The van der Waals surface area contributed by atoms with E-state index in [4.69, 9.17) is 10.5 Å². The number of fused-ring (bicyclic) bond motifs is 2. The molecule has 198 valence electrons. The first-order valence-electron chi connectivity index (χ1n) is 11.9. The molecule has 14 heteroatoms. The largest absolute Gasteiger partial charge is 0.467 e. The maximum absolute atomic E-state index is 13.3. The van der Waals surface area contributed by atoms with Gasteiger partial charge in [-0.1, -0.05) is 0 Å². The van der Waals surface area contributed by atoms with Gasteiger partial charge in [0, 0.05) is 40.0 Å². The van der Waals surface area contributed by atoms with Crippen LogP contribution >= 0.6 is 32.1 Å². The second-order valence-electron chi connectivity index (χ2n) is 8.69. The highest BCUT2D eigenvalue weighted by molar-refractivity contribution is 14.2. The number of rotatable bonds is 6. The molecule has 39 heavy (non-hydrogen) atoms. The number of pyridine rings is 2. The van der Waals surface area contributed by atoms with Crippen LogP contribution in [0.3, 0.4) is 0 Å². The highest BCUT2D eigenvalue weighted by atomic mass is 127. The minimum absolute atomic E-state index is 0.000766. The van der Waals surface area contributed by atoms with Crippen LogP contribution < -0.4 is 21.9 Å². The maximum Gasteiger partial charge on any atom is 0.280 e. The summed E-state index contributed by atoms with van der Waals surface area (Å²) in [6, 6.07) is 6.58. The highest BCUT2D eigenvalue weighted by Gasteiger charge is 2.31. The summed E-state index contributed by atoms with van der Waals surface area (Å²) in [6.07, 6.45) is 7.20. The zero-order valence-corrected chi connectivity index (χ0v) is 23.2. The van der Waals surface area contributed by atoms with Crippen molar-refractivity contribution in [2.45, 2.75) is 25.4 Å². The number of alkyl halides is 1. The summed E-state index contributed by atoms with van der Waals surface area (Å²) in [7, 11) is 0. The van der Waals surface area contributed by atoms with Crippen molar-refractivity contribution in [3.05, 3.63) is 75.7 Å². The molecule has 4 N–H and O–H groups in total. The number of ether oxygens (including phenoxy) is 1. The summed E-state index contributed by atoms with van der Waals surface area (Å²) >= 11 is 0.710. The number of nitrogens with two attached hydrogens (primary N) is 1. The summed E-state index contributed by atoms with van der Waals surface area (Å²) < 4.78 is 8.69. The minimum Gasteiger partial charge on any atom is -0.467 e. The fourth-order valence-corrected chi connectivity index (χ4v) is 6.96. The predicted molar refractivity (Wildman–Crippen MR) is 156 cm³/mol. The number of aryl methyl sites for hydroxylation is 1. The number of nitrogens with one attached hydrogen (secondary N) is 2. The van der Waals surface area contributed by atoms with Gasteiger partial charge >= 0.3 is 0 Å². The van der Waals surface area contributed by atoms with Gasteiger partial charge in [-0.2, -0.15) is 0 Å². The summed E-state index contributed by atoms with van der Waals surface area (Å²) in [4.78, 5) is 57.3. The Kier molecular flexibility index (Phi) is 6.86. The minimum atomic E-state index is -0.811. The number of hydrogen-bond donors (Lipinski definition) is 3. The monoisotopic (exact) mass is 656 g/mol. The molecule has 2 aliphatic rings. The Hall–Kier alpha value is -4.05. The van der Waals surface area contributed by atoms with Crippen molar-refractivity contribution in [2.75, 3.05) is 15.7 Å². The summed E-state index contributed by atoms with van der Waals surface area (Å²) in [5.74, 6) is 0.496.